The molecule has 0 aliphatic carbocycles. The minimum atomic E-state index is -3.61. The second-order valence-corrected chi connectivity index (χ2v) is 8.41. The molecule has 1 aromatic heterocycles. The van der Waals surface area contributed by atoms with Crippen LogP contribution in [0.3, 0.4) is 0 Å². The van der Waals surface area contributed by atoms with Crippen LogP contribution in [0.5, 0.6) is 0 Å². The van der Waals surface area contributed by atoms with Crippen molar-refractivity contribution < 1.29 is 17.9 Å². The lowest BCUT2D eigenvalue weighted by molar-refractivity contribution is 0.0730. The second kappa shape index (κ2) is 7.21. The van der Waals surface area contributed by atoms with E-state index in [1.165, 1.54) is 16.6 Å². The molecule has 2 heterocycles. The summed E-state index contributed by atoms with van der Waals surface area (Å²) in [5, 5.41) is 2.74. The number of benzene rings is 1. The maximum Gasteiger partial charge on any atom is 0.272 e. The second-order valence-electron chi connectivity index (χ2n) is 5.23. The average Bonchev–Trinajstić information content (AvgIpc) is 3.07. The van der Waals surface area contributed by atoms with Gasteiger partial charge in [-0.2, -0.15) is 4.31 Å². The minimum Gasteiger partial charge on any atom is -0.379 e. The molecule has 1 aromatic carbocycles. The van der Waals surface area contributed by atoms with Gasteiger partial charge < -0.3 is 15.0 Å². The van der Waals surface area contributed by atoms with Gasteiger partial charge in [0.1, 0.15) is 10.6 Å². The summed E-state index contributed by atoms with van der Waals surface area (Å²) in [4.78, 5) is 15.1. The smallest absolute Gasteiger partial charge is 0.272 e. The van der Waals surface area contributed by atoms with E-state index in [0.29, 0.717) is 32.0 Å². The molecule has 0 radical (unpaired) electrons. The Labute approximate surface area is 153 Å². The summed E-state index contributed by atoms with van der Waals surface area (Å²) in [5.74, 6) is -0.388. The topological polar surface area (TPSA) is 91.5 Å². The average molecular weight is 461 g/mol. The maximum atomic E-state index is 12.5. The van der Waals surface area contributed by atoms with Crippen LogP contribution in [0.2, 0.25) is 0 Å². The zero-order valence-corrected chi connectivity index (χ0v) is 15.6. The summed E-state index contributed by atoms with van der Waals surface area (Å²) in [5.41, 5.74) is 0.847. The van der Waals surface area contributed by atoms with Crippen molar-refractivity contribution in [1.82, 2.24) is 9.29 Å². The van der Waals surface area contributed by atoms with Gasteiger partial charge in [-0.1, -0.05) is 6.07 Å². The summed E-state index contributed by atoms with van der Waals surface area (Å²) >= 11 is 2.15. The normalized spacial score (nSPS) is 16.0. The van der Waals surface area contributed by atoms with Crippen LogP contribution in [0.15, 0.2) is 41.4 Å². The molecule has 9 heteroatoms. The zero-order valence-electron chi connectivity index (χ0n) is 12.7. The van der Waals surface area contributed by atoms with Crippen LogP contribution >= 0.6 is 22.6 Å². The minimum absolute atomic E-state index is 0.0807. The molecular weight excluding hydrogens is 445 g/mol. The molecule has 1 amide bonds. The van der Waals surface area contributed by atoms with Crippen LogP contribution in [-0.4, -0.2) is 49.9 Å². The number of rotatable bonds is 4. The van der Waals surface area contributed by atoms with Crippen molar-refractivity contribution >= 4 is 44.2 Å². The Hall–Kier alpha value is -1.43. The van der Waals surface area contributed by atoms with Crippen LogP contribution < -0.4 is 5.32 Å². The Morgan fingerprint density at radius 1 is 1.25 bits per heavy atom. The van der Waals surface area contributed by atoms with E-state index in [4.69, 9.17) is 4.74 Å². The van der Waals surface area contributed by atoms with Gasteiger partial charge in [-0.15, -0.1) is 0 Å². The Morgan fingerprint density at radius 2 is 2.00 bits per heavy atom. The number of nitrogens with one attached hydrogen (secondary N) is 2. The highest BCUT2D eigenvalue weighted by Crippen LogP contribution is 2.19. The van der Waals surface area contributed by atoms with E-state index in [1.807, 2.05) is 18.2 Å². The third-order valence-corrected chi connectivity index (χ3v) is 6.14. The van der Waals surface area contributed by atoms with Gasteiger partial charge in [0.25, 0.3) is 5.91 Å². The fourth-order valence-electron chi connectivity index (χ4n) is 2.36. The number of amides is 1. The fraction of sp³-hybridized carbons (Fsp3) is 0.267. The van der Waals surface area contributed by atoms with E-state index >= 15 is 0 Å². The third-order valence-electron chi connectivity index (χ3n) is 3.59. The highest BCUT2D eigenvalue weighted by atomic mass is 127. The third kappa shape index (κ3) is 3.79. The maximum absolute atomic E-state index is 12.5. The Kier molecular flexibility index (Phi) is 5.23. The first-order chi connectivity index (χ1) is 11.5. The standard InChI is InChI=1S/C15H16IN3O4S/c16-11-2-1-3-12(8-11)18-15(20)14-9-13(10-17-14)24(21,22)19-4-6-23-7-5-19/h1-3,8-10,17H,4-7H2,(H,18,20). The fourth-order valence-corrected chi connectivity index (χ4v) is 4.30. The molecule has 1 aliphatic heterocycles. The highest BCUT2D eigenvalue weighted by Gasteiger charge is 2.27. The van der Waals surface area contributed by atoms with Crippen molar-refractivity contribution in [3.63, 3.8) is 0 Å². The molecule has 128 valence electrons. The predicted molar refractivity (Wildman–Crippen MR) is 97.5 cm³/mol. The van der Waals surface area contributed by atoms with Crippen LogP contribution in [0, 0.1) is 3.57 Å². The van der Waals surface area contributed by atoms with E-state index < -0.39 is 10.0 Å². The SMILES string of the molecule is O=C(Nc1cccc(I)c1)c1cc(S(=O)(=O)N2CCOCC2)c[nH]1. The number of ether oxygens (including phenoxy) is 1. The van der Waals surface area contributed by atoms with Gasteiger partial charge >= 0.3 is 0 Å². The van der Waals surface area contributed by atoms with Crippen LogP contribution in [0.1, 0.15) is 10.5 Å². The van der Waals surface area contributed by atoms with E-state index in [0.717, 1.165) is 3.57 Å². The van der Waals surface area contributed by atoms with Gasteiger partial charge in [0.2, 0.25) is 10.0 Å². The molecule has 1 saturated heterocycles. The molecule has 0 unspecified atom stereocenters. The van der Waals surface area contributed by atoms with Gasteiger partial charge in [0.15, 0.2) is 0 Å². The van der Waals surface area contributed by atoms with Crippen molar-refractivity contribution in [2.45, 2.75) is 4.90 Å². The number of aromatic nitrogens is 1. The van der Waals surface area contributed by atoms with Crippen LogP contribution in [-0.2, 0) is 14.8 Å². The molecule has 3 rings (SSSR count). The summed E-state index contributed by atoms with van der Waals surface area (Å²) < 4.78 is 32.6. The molecule has 2 N–H and O–H groups in total. The van der Waals surface area contributed by atoms with Crippen molar-refractivity contribution in [2.75, 3.05) is 31.6 Å². The number of anilines is 1. The van der Waals surface area contributed by atoms with Gasteiger partial charge in [-0.25, -0.2) is 8.42 Å². The van der Waals surface area contributed by atoms with Gasteiger partial charge in [0.05, 0.1) is 13.2 Å². The van der Waals surface area contributed by atoms with Crippen molar-refractivity contribution in [3.8, 4) is 0 Å². The lowest BCUT2D eigenvalue weighted by Gasteiger charge is -2.25. The van der Waals surface area contributed by atoms with Crippen LogP contribution in [0.25, 0.3) is 0 Å². The number of morpholine rings is 1. The largest absolute Gasteiger partial charge is 0.379 e. The monoisotopic (exact) mass is 461 g/mol. The summed E-state index contributed by atoms with van der Waals surface area (Å²) in [6.07, 6.45) is 1.34. The van der Waals surface area contributed by atoms with Crippen molar-refractivity contribution in [2.24, 2.45) is 0 Å². The molecule has 0 spiro atoms. The lowest BCUT2D eigenvalue weighted by atomic mass is 10.3. The zero-order chi connectivity index (χ0) is 17.2. The first-order valence-electron chi connectivity index (χ1n) is 7.30. The first kappa shape index (κ1) is 17.4. The number of sulfonamides is 1. The number of halogens is 1. The van der Waals surface area contributed by atoms with Crippen LogP contribution in [0.4, 0.5) is 5.69 Å². The van der Waals surface area contributed by atoms with Crippen molar-refractivity contribution in [3.05, 3.63) is 45.8 Å². The predicted octanol–water partition coefficient (Wildman–Crippen LogP) is 1.89. The quantitative estimate of drug-likeness (QED) is 0.681. The van der Waals surface area contributed by atoms with Gasteiger partial charge in [-0.3, -0.25) is 4.79 Å². The molecule has 0 atom stereocenters. The summed E-state index contributed by atoms with van der Waals surface area (Å²) in [6, 6.07) is 8.70. The molecule has 2 aromatic rings. The lowest BCUT2D eigenvalue weighted by Crippen LogP contribution is -2.40. The molecule has 0 bridgehead atoms. The molecule has 1 fully saturated rings. The van der Waals surface area contributed by atoms with E-state index in [2.05, 4.69) is 32.9 Å². The number of nitrogens with zero attached hydrogens (tertiary/aromatic N) is 1. The Morgan fingerprint density at radius 3 is 2.71 bits per heavy atom. The molecule has 0 saturated carbocycles. The number of carbonyl (C=O) groups is 1. The summed E-state index contributed by atoms with van der Waals surface area (Å²) in [6.45, 7) is 1.39. The Bertz CT molecular complexity index is 844. The number of hydrogen-bond donors (Lipinski definition) is 2. The van der Waals surface area contributed by atoms with Gasteiger partial charge in [0, 0.05) is 28.5 Å². The number of hydrogen-bond acceptors (Lipinski definition) is 4. The summed E-state index contributed by atoms with van der Waals surface area (Å²) in [7, 11) is -3.61. The molecular formula is C15H16IN3O4S. The number of H-pyrrole nitrogens is 1. The first-order valence-corrected chi connectivity index (χ1v) is 9.82. The number of carbonyl (C=O) groups excluding carboxylic acids is 1. The molecule has 1 aliphatic rings. The van der Waals surface area contributed by atoms with Gasteiger partial charge in [-0.05, 0) is 46.9 Å². The van der Waals surface area contributed by atoms with E-state index in [-0.39, 0.29) is 16.5 Å². The van der Waals surface area contributed by atoms with E-state index in [1.54, 1.807) is 6.07 Å². The highest BCUT2D eigenvalue weighted by molar-refractivity contribution is 14.1. The molecule has 24 heavy (non-hydrogen) atoms. The Balaban J connectivity index is 1.76. The molecule has 7 nitrogen and oxygen atoms in total. The van der Waals surface area contributed by atoms with Crippen molar-refractivity contribution in [1.29, 1.82) is 0 Å². The number of aromatic amines is 1. The van der Waals surface area contributed by atoms with E-state index in [9.17, 15) is 13.2 Å².